The lowest BCUT2D eigenvalue weighted by atomic mass is 10.1. The minimum atomic E-state index is -0.719. The molecule has 24 heavy (non-hydrogen) atoms. The molecule has 1 fully saturated rings. The maximum absolute atomic E-state index is 11.3. The van der Waals surface area contributed by atoms with E-state index in [2.05, 4.69) is 0 Å². The molecule has 1 aliphatic heterocycles. The molecule has 0 spiro atoms. The largest absolute Gasteiger partial charge is 0.509 e. The third-order valence-corrected chi connectivity index (χ3v) is 3.44. The van der Waals surface area contributed by atoms with Crippen LogP contribution in [0.25, 0.3) is 0 Å². The van der Waals surface area contributed by atoms with E-state index in [4.69, 9.17) is 18.9 Å². The van der Waals surface area contributed by atoms with E-state index < -0.39 is 24.3 Å². The Morgan fingerprint density at radius 2 is 2.04 bits per heavy atom. The molecule has 1 aromatic rings. The van der Waals surface area contributed by atoms with Crippen molar-refractivity contribution in [1.82, 2.24) is 0 Å². The van der Waals surface area contributed by atoms with Crippen LogP contribution in [0.2, 0.25) is 0 Å². The van der Waals surface area contributed by atoms with Gasteiger partial charge >= 0.3 is 12.1 Å². The third kappa shape index (κ3) is 6.04. The van der Waals surface area contributed by atoms with Crippen LogP contribution in [0.1, 0.15) is 25.3 Å². The van der Waals surface area contributed by atoms with E-state index in [0.717, 1.165) is 12.0 Å². The van der Waals surface area contributed by atoms with Gasteiger partial charge in [0.05, 0.1) is 13.2 Å². The highest BCUT2D eigenvalue weighted by Crippen LogP contribution is 2.21. The Balaban J connectivity index is 1.69. The molecule has 0 aromatic heterocycles. The summed E-state index contributed by atoms with van der Waals surface area (Å²) in [6, 6.07) is 9.90. The van der Waals surface area contributed by atoms with Crippen molar-refractivity contribution < 1.29 is 28.5 Å². The average Bonchev–Trinajstić information content (AvgIpc) is 2.94. The number of hydrogen-bond acceptors (Lipinski definition) is 6. The summed E-state index contributed by atoms with van der Waals surface area (Å²) in [6.07, 6.45) is 2.37. The van der Waals surface area contributed by atoms with Gasteiger partial charge in [-0.15, -0.1) is 0 Å². The summed E-state index contributed by atoms with van der Waals surface area (Å²) in [6.45, 7) is 3.13. The fourth-order valence-electron chi connectivity index (χ4n) is 2.31. The number of carbonyl (C=O) groups excluding carboxylic acids is 2. The van der Waals surface area contributed by atoms with Crippen molar-refractivity contribution in [3.63, 3.8) is 0 Å². The average molecular weight is 334 g/mol. The molecule has 0 radical (unpaired) electrons. The molecule has 6 heteroatoms. The van der Waals surface area contributed by atoms with E-state index in [1.807, 2.05) is 30.3 Å². The maximum atomic E-state index is 11.3. The van der Waals surface area contributed by atoms with Crippen LogP contribution in [-0.2, 0) is 30.3 Å². The normalized spacial score (nSPS) is 20.0. The molecule has 0 N–H and O–H groups in total. The van der Waals surface area contributed by atoms with Crippen molar-refractivity contribution in [3.05, 3.63) is 48.0 Å². The van der Waals surface area contributed by atoms with E-state index in [9.17, 15) is 9.59 Å². The van der Waals surface area contributed by atoms with Crippen LogP contribution in [0.3, 0.4) is 0 Å². The molecule has 1 aliphatic rings. The van der Waals surface area contributed by atoms with Crippen molar-refractivity contribution in [3.8, 4) is 0 Å². The van der Waals surface area contributed by atoms with Crippen molar-refractivity contribution in [2.75, 3.05) is 13.2 Å². The Morgan fingerprint density at radius 1 is 1.25 bits per heavy atom. The monoisotopic (exact) mass is 334 g/mol. The maximum Gasteiger partial charge on any atom is 0.509 e. The topological polar surface area (TPSA) is 71.1 Å². The SMILES string of the molecule is CCOC(=O)/C=C/[C@@H]1OC(=O)O[C@H]1CCCOCc1ccccc1. The lowest BCUT2D eigenvalue weighted by Crippen LogP contribution is -2.21. The van der Waals surface area contributed by atoms with Crippen LogP contribution in [0.5, 0.6) is 0 Å². The highest BCUT2D eigenvalue weighted by molar-refractivity contribution is 5.82. The first-order chi connectivity index (χ1) is 11.7. The number of hydrogen-bond donors (Lipinski definition) is 0. The molecule has 130 valence electrons. The van der Waals surface area contributed by atoms with Gasteiger partial charge in [-0.25, -0.2) is 9.59 Å². The molecule has 0 saturated carbocycles. The van der Waals surface area contributed by atoms with E-state index in [-0.39, 0.29) is 0 Å². The summed E-state index contributed by atoms with van der Waals surface area (Å²) < 4.78 is 20.5. The second-order valence-electron chi connectivity index (χ2n) is 5.28. The summed E-state index contributed by atoms with van der Waals surface area (Å²) >= 11 is 0. The van der Waals surface area contributed by atoms with Crippen LogP contribution >= 0.6 is 0 Å². The zero-order valence-corrected chi connectivity index (χ0v) is 13.7. The van der Waals surface area contributed by atoms with E-state index in [1.54, 1.807) is 6.92 Å². The molecular formula is C18H22O6. The van der Waals surface area contributed by atoms with Crippen molar-refractivity contribution >= 4 is 12.1 Å². The standard InChI is InChI=1S/C18H22O6/c1-2-22-17(19)11-10-16-15(23-18(20)24-16)9-6-12-21-13-14-7-4-3-5-8-14/h3-5,7-8,10-11,15-16H,2,6,9,12-13H2,1H3/b11-10+/t15-,16-/m0/s1. The highest BCUT2D eigenvalue weighted by Gasteiger charge is 2.34. The minimum Gasteiger partial charge on any atom is -0.463 e. The van der Waals surface area contributed by atoms with Crippen LogP contribution in [0, 0.1) is 0 Å². The van der Waals surface area contributed by atoms with Gasteiger partial charge in [0, 0.05) is 12.7 Å². The fourth-order valence-corrected chi connectivity index (χ4v) is 2.31. The number of rotatable bonds is 9. The van der Waals surface area contributed by atoms with Crippen LogP contribution in [-0.4, -0.2) is 37.5 Å². The molecule has 1 aromatic carbocycles. The van der Waals surface area contributed by atoms with Gasteiger partial charge < -0.3 is 18.9 Å². The second-order valence-corrected chi connectivity index (χ2v) is 5.28. The van der Waals surface area contributed by atoms with Crippen LogP contribution in [0.15, 0.2) is 42.5 Å². The van der Waals surface area contributed by atoms with Crippen molar-refractivity contribution in [1.29, 1.82) is 0 Å². The number of benzene rings is 1. The summed E-state index contributed by atoms with van der Waals surface area (Å²) in [5, 5.41) is 0. The van der Waals surface area contributed by atoms with Crippen molar-refractivity contribution in [2.24, 2.45) is 0 Å². The van der Waals surface area contributed by atoms with E-state index in [1.165, 1.54) is 12.2 Å². The molecular weight excluding hydrogens is 312 g/mol. The predicted molar refractivity (Wildman–Crippen MR) is 86.2 cm³/mol. The predicted octanol–water partition coefficient (Wildman–Crippen LogP) is 3.01. The molecule has 2 rings (SSSR count). The Bertz CT molecular complexity index is 554. The first-order valence-corrected chi connectivity index (χ1v) is 8.03. The molecule has 0 amide bonds. The van der Waals surface area contributed by atoms with Gasteiger partial charge in [-0.3, -0.25) is 0 Å². The second kappa shape index (κ2) is 9.72. The van der Waals surface area contributed by atoms with Crippen LogP contribution < -0.4 is 0 Å². The van der Waals surface area contributed by atoms with Gasteiger partial charge in [-0.05, 0) is 31.4 Å². The van der Waals surface area contributed by atoms with Gasteiger partial charge in [0.1, 0.15) is 6.10 Å². The molecule has 0 aliphatic carbocycles. The molecule has 0 unspecified atom stereocenters. The number of esters is 1. The number of carbonyl (C=O) groups is 2. The van der Waals surface area contributed by atoms with Gasteiger partial charge in [-0.1, -0.05) is 30.3 Å². The van der Waals surface area contributed by atoms with Crippen LogP contribution in [0.4, 0.5) is 4.79 Å². The Hall–Kier alpha value is -2.34. The summed E-state index contributed by atoms with van der Waals surface area (Å²) in [4.78, 5) is 22.6. The Morgan fingerprint density at radius 3 is 2.79 bits per heavy atom. The zero-order chi connectivity index (χ0) is 17.2. The zero-order valence-electron chi connectivity index (χ0n) is 13.7. The first kappa shape index (κ1) is 18.0. The number of ether oxygens (including phenoxy) is 4. The minimum absolute atomic E-state index is 0.298. The smallest absolute Gasteiger partial charge is 0.463 e. The van der Waals surface area contributed by atoms with E-state index >= 15 is 0 Å². The van der Waals surface area contributed by atoms with Gasteiger partial charge in [0.2, 0.25) is 0 Å². The molecule has 2 atom stereocenters. The van der Waals surface area contributed by atoms with E-state index in [0.29, 0.717) is 26.2 Å². The first-order valence-electron chi connectivity index (χ1n) is 8.03. The molecule has 1 saturated heterocycles. The Kier molecular flexibility index (Phi) is 7.29. The van der Waals surface area contributed by atoms with Gasteiger partial charge in [0.25, 0.3) is 0 Å². The quantitative estimate of drug-likeness (QED) is 0.393. The lowest BCUT2D eigenvalue weighted by Gasteiger charge is -2.12. The third-order valence-electron chi connectivity index (χ3n) is 3.44. The summed E-state index contributed by atoms with van der Waals surface area (Å²) in [5.41, 5.74) is 1.11. The highest BCUT2D eigenvalue weighted by atomic mass is 16.8. The van der Waals surface area contributed by atoms with Crippen molar-refractivity contribution in [2.45, 2.75) is 38.6 Å². The fraction of sp³-hybridized carbons (Fsp3) is 0.444. The summed E-state index contributed by atoms with van der Waals surface area (Å²) in [5.74, 6) is -0.467. The lowest BCUT2D eigenvalue weighted by molar-refractivity contribution is -0.137. The number of cyclic esters (lactones) is 2. The molecule has 6 nitrogen and oxygen atoms in total. The van der Waals surface area contributed by atoms with Gasteiger partial charge in [-0.2, -0.15) is 0 Å². The molecule has 0 bridgehead atoms. The van der Waals surface area contributed by atoms with Gasteiger partial charge in [0.15, 0.2) is 6.10 Å². The molecule has 1 heterocycles. The Labute approximate surface area is 141 Å². The summed E-state index contributed by atoms with van der Waals surface area (Å²) in [7, 11) is 0.